The van der Waals surface area contributed by atoms with E-state index < -0.39 is 0 Å². The van der Waals surface area contributed by atoms with Gasteiger partial charge in [0.1, 0.15) is 5.75 Å². The molecule has 0 bridgehead atoms. The summed E-state index contributed by atoms with van der Waals surface area (Å²) in [6.07, 6.45) is 3.89. The van der Waals surface area contributed by atoms with E-state index >= 15 is 0 Å². The van der Waals surface area contributed by atoms with Crippen LogP contribution in [-0.2, 0) is 5.41 Å². The number of rotatable bonds is 6. The summed E-state index contributed by atoms with van der Waals surface area (Å²) in [6.45, 7) is 10.6. The van der Waals surface area contributed by atoms with E-state index in [0.29, 0.717) is 10.7 Å². The summed E-state index contributed by atoms with van der Waals surface area (Å²) in [5, 5.41) is 15.1. The molecule has 0 fully saturated rings. The van der Waals surface area contributed by atoms with Crippen LogP contribution >= 0.6 is 12.2 Å². The number of anilines is 1. The number of methoxy groups -OCH3 is 1. The number of nitrogens with zero attached hydrogens (tertiary/aromatic N) is 2. The molecule has 0 saturated heterocycles. The molecular weight excluding hydrogens is 478 g/mol. The highest BCUT2D eigenvalue weighted by Gasteiger charge is 2.27. The Kier molecular flexibility index (Phi) is 7.50. The second kappa shape index (κ2) is 10.6. The minimum atomic E-state index is 0.00493. The van der Waals surface area contributed by atoms with Gasteiger partial charge in [0.15, 0.2) is 17.4 Å². The molecular formula is C31H34N3O2S+. The van der Waals surface area contributed by atoms with Crippen LogP contribution in [-0.4, -0.2) is 21.8 Å². The van der Waals surface area contributed by atoms with Gasteiger partial charge in [0.25, 0.3) is 5.70 Å². The largest absolute Gasteiger partial charge is 0.502 e. The Labute approximate surface area is 224 Å². The molecule has 0 atom stereocenters. The second-order valence-corrected chi connectivity index (χ2v) is 10.5. The summed E-state index contributed by atoms with van der Waals surface area (Å²) in [7, 11) is 1.63. The number of aliphatic hydroxyl groups is 1. The Hall–Kier alpha value is -3.90. The molecule has 0 amide bonds. The lowest BCUT2D eigenvalue weighted by atomic mass is 9.88. The van der Waals surface area contributed by atoms with Gasteiger partial charge in [-0.3, -0.25) is 0 Å². The Bertz CT molecular complexity index is 1450. The average molecular weight is 513 g/mol. The molecule has 6 heteroatoms. The molecule has 0 aliphatic rings. The number of ether oxygens (including phenoxy) is 1. The molecule has 2 heterocycles. The number of aromatic nitrogens is 2. The number of hydrogen-bond donors (Lipinski definition) is 2. The predicted molar refractivity (Wildman–Crippen MR) is 156 cm³/mol. The SMILES string of the molecule is COc1cccc(NC(=S)/C(=C(/O)c2cc(C)n(-c3ccccc3)c2C)[n+]2ccc(C(C)(C)C)cc2)c1. The van der Waals surface area contributed by atoms with Crippen molar-refractivity contribution in [1.29, 1.82) is 0 Å². The highest BCUT2D eigenvalue weighted by atomic mass is 32.1. The third-order valence-corrected chi connectivity index (χ3v) is 6.72. The van der Waals surface area contributed by atoms with Crippen molar-refractivity contribution < 1.29 is 14.4 Å². The standard InChI is InChI=1S/C31H33N3O2S/c1-21-19-27(22(2)34(21)25-12-8-7-9-13-25)29(35)28(33-17-15-23(16-18-33)31(3,4)5)30(37)32-24-11-10-14-26(20-24)36-6/h7-20H,1-6H3,(H-,32,35,37)/p+1. The van der Waals surface area contributed by atoms with Crippen molar-refractivity contribution in [3.05, 3.63) is 108 Å². The van der Waals surface area contributed by atoms with Gasteiger partial charge in [-0.05, 0) is 55.2 Å². The monoisotopic (exact) mass is 512 g/mol. The number of nitrogens with one attached hydrogen (secondary N) is 1. The maximum atomic E-state index is 11.8. The zero-order valence-electron chi connectivity index (χ0n) is 22.2. The van der Waals surface area contributed by atoms with Gasteiger partial charge in [0.2, 0.25) is 5.76 Å². The van der Waals surface area contributed by atoms with Crippen LogP contribution in [0.1, 0.15) is 43.3 Å². The molecule has 37 heavy (non-hydrogen) atoms. The first-order valence-electron chi connectivity index (χ1n) is 12.3. The molecule has 0 radical (unpaired) electrons. The quantitative estimate of drug-likeness (QED) is 0.126. The van der Waals surface area contributed by atoms with Gasteiger partial charge in [-0.15, -0.1) is 0 Å². The first-order valence-corrected chi connectivity index (χ1v) is 12.7. The van der Waals surface area contributed by atoms with E-state index in [9.17, 15) is 5.11 Å². The number of hydrogen-bond acceptors (Lipinski definition) is 3. The van der Waals surface area contributed by atoms with E-state index in [2.05, 4.69) is 54.9 Å². The zero-order valence-corrected chi connectivity index (χ0v) is 23.1. The third-order valence-electron chi connectivity index (χ3n) is 6.42. The van der Waals surface area contributed by atoms with Gasteiger partial charge in [-0.2, -0.15) is 4.57 Å². The number of aryl methyl sites for hydroxylation is 1. The van der Waals surface area contributed by atoms with Gasteiger partial charge in [-0.1, -0.05) is 57.3 Å². The lowest BCUT2D eigenvalue weighted by Crippen LogP contribution is -2.39. The number of benzene rings is 2. The van der Waals surface area contributed by atoms with Crippen molar-refractivity contribution in [2.45, 2.75) is 40.0 Å². The summed E-state index contributed by atoms with van der Waals surface area (Å²) in [5.41, 5.74) is 6.17. The normalized spacial score (nSPS) is 12.2. The average Bonchev–Trinajstić information content (AvgIpc) is 3.18. The minimum Gasteiger partial charge on any atom is -0.502 e. The molecule has 0 spiro atoms. The highest BCUT2D eigenvalue weighted by Crippen LogP contribution is 2.28. The highest BCUT2D eigenvalue weighted by molar-refractivity contribution is 7.81. The van der Waals surface area contributed by atoms with Crippen LogP contribution < -0.4 is 14.6 Å². The van der Waals surface area contributed by atoms with Crippen LogP contribution in [0.4, 0.5) is 5.69 Å². The third kappa shape index (κ3) is 5.59. The molecule has 4 aromatic rings. The second-order valence-electron chi connectivity index (χ2n) is 10.1. The van der Waals surface area contributed by atoms with Crippen LogP contribution in [0.2, 0.25) is 0 Å². The molecule has 0 aliphatic carbocycles. The van der Waals surface area contributed by atoms with Crippen molar-refractivity contribution in [3.63, 3.8) is 0 Å². The Morgan fingerprint density at radius 3 is 2.24 bits per heavy atom. The summed E-state index contributed by atoms with van der Waals surface area (Å²) < 4.78 is 9.37. The predicted octanol–water partition coefficient (Wildman–Crippen LogP) is 7.01. The van der Waals surface area contributed by atoms with E-state index in [-0.39, 0.29) is 11.2 Å². The van der Waals surface area contributed by atoms with Crippen LogP contribution in [0.3, 0.4) is 0 Å². The molecule has 2 N–H and O–H groups in total. The van der Waals surface area contributed by atoms with Crippen molar-refractivity contribution in [1.82, 2.24) is 4.57 Å². The Morgan fingerprint density at radius 2 is 1.62 bits per heavy atom. The number of pyridine rings is 1. The van der Waals surface area contributed by atoms with Crippen molar-refractivity contribution in [2.75, 3.05) is 12.4 Å². The first-order chi connectivity index (χ1) is 17.6. The Balaban J connectivity index is 1.85. The van der Waals surface area contributed by atoms with E-state index in [1.807, 2.05) is 79.3 Å². The fourth-order valence-corrected chi connectivity index (χ4v) is 4.74. The van der Waals surface area contributed by atoms with Crippen molar-refractivity contribution in [3.8, 4) is 11.4 Å². The molecule has 0 saturated carbocycles. The van der Waals surface area contributed by atoms with Crippen LogP contribution in [0.25, 0.3) is 17.1 Å². The van der Waals surface area contributed by atoms with E-state index in [0.717, 1.165) is 34.1 Å². The topological polar surface area (TPSA) is 50.3 Å². The van der Waals surface area contributed by atoms with Crippen LogP contribution in [0.5, 0.6) is 5.75 Å². The molecule has 0 unspecified atom stereocenters. The number of thiocarbonyl (C=S) groups is 1. The molecule has 0 aliphatic heterocycles. The number of aliphatic hydroxyl groups excluding tert-OH is 1. The Morgan fingerprint density at radius 1 is 0.946 bits per heavy atom. The number of para-hydroxylation sites is 1. The summed E-state index contributed by atoms with van der Waals surface area (Å²) in [5.74, 6) is 0.820. The molecule has 5 nitrogen and oxygen atoms in total. The fraction of sp³-hybridized carbons (Fsp3) is 0.226. The molecule has 2 aromatic carbocycles. The van der Waals surface area contributed by atoms with E-state index in [1.54, 1.807) is 7.11 Å². The smallest absolute Gasteiger partial charge is 0.288 e. The zero-order chi connectivity index (χ0) is 26.7. The first kappa shape index (κ1) is 26.2. The molecule has 190 valence electrons. The fourth-order valence-electron chi connectivity index (χ4n) is 4.42. The van der Waals surface area contributed by atoms with Crippen LogP contribution in [0.15, 0.2) is 85.2 Å². The van der Waals surface area contributed by atoms with Crippen molar-refractivity contribution >= 4 is 34.3 Å². The summed E-state index contributed by atoms with van der Waals surface area (Å²) >= 11 is 5.88. The van der Waals surface area contributed by atoms with Crippen molar-refractivity contribution in [2.24, 2.45) is 0 Å². The minimum absolute atomic E-state index is 0.00493. The van der Waals surface area contributed by atoms with E-state index in [4.69, 9.17) is 17.0 Å². The maximum absolute atomic E-state index is 11.8. The summed E-state index contributed by atoms with van der Waals surface area (Å²) in [4.78, 5) is 0.392. The van der Waals surface area contributed by atoms with Gasteiger partial charge >= 0.3 is 0 Å². The molecule has 2 aromatic heterocycles. The van der Waals surface area contributed by atoms with Gasteiger partial charge in [0.05, 0.1) is 7.11 Å². The summed E-state index contributed by atoms with van der Waals surface area (Å²) in [6, 6.07) is 23.8. The maximum Gasteiger partial charge on any atom is 0.288 e. The van der Waals surface area contributed by atoms with Gasteiger partial charge < -0.3 is 19.7 Å². The van der Waals surface area contributed by atoms with Crippen LogP contribution in [0, 0.1) is 13.8 Å². The van der Waals surface area contributed by atoms with E-state index in [1.165, 1.54) is 5.56 Å². The lowest BCUT2D eigenvalue weighted by Gasteiger charge is -2.18. The van der Waals surface area contributed by atoms with Gasteiger partial charge in [-0.25, -0.2) is 0 Å². The molecule has 4 rings (SSSR count). The van der Waals surface area contributed by atoms with Gasteiger partial charge in [0, 0.05) is 46.5 Å². The lowest BCUT2D eigenvalue weighted by molar-refractivity contribution is -0.575.